The SMILES string of the molecule is COC(=O)CNCc1cc(C(=O)C(=O)N2CCN(C(C)=O)CC2)c[nH]1. The zero-order chi connectivity index (χ0) is 18.4. The Labute approximate surface area is 145 Å². The van der Waals surface area contributed by atoms with Crippen molar-refractivity contribution >= 4 is 23.6 Å². The predicted molar refractivity (Wildman–Crippen MR) is 87.7 cm³/mol. The molecule has 0 radical (unpaired) electrons. The van der Waals surface area contributed by atoms with Gasteiger partial charge < -0.3 is 24.8 Å². The third-order valence-corrected chi connectivity index (χ3v) is 4.02. The highest BCUT2D eigenvalue weighted by molar-refractivity contribution is 6.42. The van der Waals surface area contributed by atoms with Crippen LogP contribution in [0.5, 0.6) is 0 Å². The van der Waals surface area contributed by atoms with Gasteiger partial charge in [0.2, 0.25) is 5.91 Å². The molecule has 25 heavy (non-hydrogen) atoms. The number of aromatic amines is 1. The first-order valence-electron chi connectivity index (χ1n) is 7.96. The number of aromatic nitrogens is 1. The minimum absolute atomic E-state index is 0.0341. The molecule has 2 rings (SSSR count). The number of nitrogens with one attached hydrogen (secondary N) is 2. The monoisotopic (exact) mass is 350 g/mol. The lowest BCUT2D eigenvalue weighted by molar-refractivity contribution is -0.139. The molecule has 9 nitrogen and oxygen atoms in total. The average Bonchev–Trinajstić information content (AvgIpc) is 3.09. The van der Waals surface area contributed by atoms with Crippen LogP contribution in [0.4, 0.5) is 0 Å². The molecule has 0 unspecified atom stereocenters. The molecule has 0 bridgehead atoms. The van der Waals surface area contributed by atoms with Gasteiger partial charge in [0.05, 0.1) is 13.7 Å². The van der Waals surface area contributed by atoms with Crippen LogP contribution in [0.1, 0.15) is 23.0 Å². The fraction of sp³-hybridized carbons (Fsp3) is 0.500. The molecule has 2 N–H and O–H groups in total. The Kier molecular flexibility index (Phi) is 6.29. The number of H-pyrrole nitrogens is 1. The lowest BCUT2D eigenvalue weighted by Crippen LogP contribution is -2.51. The molecule has 1 aliphatic heterocycles. The van der Waals surface area contributed by atoms with Crippen LogP contribution in [0.25, 0.3) is 0 Å². The fourth-order valence-electron chi connectivity index (χ4n) is 2.54. The van der Waals surface area contributed by atoms with Crippen molar-refractivity contribution in [2.24, 2.45) is 0 Å². The normalized spacial score (nSPS) is 14.3. The van der Waals surface area contributed by atoms with Crippen LogP contribution in [-0.2, 0) is 25.7 Å². The first-order chi connectivity index (χ1) is 11.9. The smallest absolute Gasteiger partial charge is 0.319 e. The summed E-state index contributed by atoms with van der Waals surface area (Å²) in [5.74, 6) is -1.58. The quantitative estimate of drug-likeness (QED) is 0.393. The number of amides is 2. The summed E-state index contributed by atoms with van der Waals surface area (Å²) in [6.45, 7) is 3.45. The van der Waals surface area contributed by atoms with Crippen LogP contribution in [0, 0.1) is 0 Å². The standard InChI is InChI=1S/C16H22N4O5/c1-11(21)19-3-5-20(6-4-19)16(24)15(23)12-7-13(18-8-12)9-17-10-14(22)25-2/h7-8,17-18H,3-6,9-10H2,1-2H3. The number of hydrogen-bond donors (Lipinski definition) is 2. The van der Waals surface area contributed by atoms with E-state index in [4.69, 9.17) is 0 Å². The van der Waals surface area contributed by atoms with Crippen molar-refractivity contribution in [2.75, 3.05) is 39.8 Å². The minimum Gasteiger partial charge on any atom is -0.468 e. The molecule has 1 aliphatic rings. The Bertz CT molecular complexity index is 661. The predicted octanol–water partition coefficient (Wildman–Crippen LogP) is -0.849. The molecule has 0 aromatic carbocycles. The van der Waals surface area contributed by atoms with E-state index in [1.54, 1.807) is 11.0 Å². The number of carbonyl (C=O) groups is 4. The van der Waals surface area contributed by atoms with Gasteiger partial charge in [0, 0.05) is 57.1 Å². The Morgan fingerprint density at radius 1 is 1.16 bits per heavy atom. The van der Waals surface area contributed by atoms with Crippen molar-refractivity contribution in [2.45, 2.75) is 13.5 Å². The van der Waals surface area contributed by atoms with Gasteiger partial charge in [-0.15, -0.1) is 0 Å². The van der Waals surface area contributed by atoms with Crippen LogP contribution in [0.3, 0.4) is 0 Å². The molecule has 1 fully saturated rings. The molecular weight excluding hydrogens is 328 g/mol. The third-order valence-electron chi connectivity index (χ3n) is 4.02. The molecule has 0 atom stereocenters. The van der Waals surface area contributed by atoms with Crippen molar-refractivity contribution in [3.05, 3.63) is 23.5 Å². The molecule has 1 aromatic heterocycles. The summed E-state index contributed by atoms with van der Waals surface area (Å²) in [6.07, 6.45) is 1.47. The van der Waals surface area contributed by atoms with Crippen molar-refractivity contribution < 1.29 is 23.9 Å². The maximum Gasteiger partial charge on any atom is 0.319 e. The number of carbonyl (C=O) groups excluding carboxylic acids is 4. The van der Waals surface area contributed by atoms with Gasteiger partial charge in [-0.2, -0.15) is 0 Å². The molecular formula is C16H22N4O5. The van der Waals surface area contributed by atoms with Gasteiger partial charge in [-0.1, -0.05) is 0 Å². The molecule has 2 amide bonds. The molecule has 9 heteroatoms. The van der Waals surface area contributed by atoms with E-state index in [0.717, 1.165) is 0 Å². The van der Waals surface area contributed by atoms with E-state index in [1.165, 1.54) is 25.1 Å². The van der Waals surface area contributed by atoms with E-state index in [1.807, 2.05) is 0 Å². The highest BCUT2D eigenvalue weighted by atomic mass is 16.5. The zero-order valence-electron chi connectivity index (χ0n) is 14.3. The molecule has 1 aromatic rings. The highest BCUT2D eigenvalue weighted by Crippen LogP contribution is 2.09. The number of ether oxygens (including phenoxy) is 1. The second-order valence-electron chi connectivity index (χ2n) is 5.72. The Balaban J connectivity index is 1.87. The second kappa shape index (κ2) is 8.43. The number of piperazine rings is 1. The van der Waals surface area contributed by atoms with Gasteiger partial charge in [-0.3, -0.25) is 19.2 Å². The maximum absolute atomic E-state index is 12.3. The molecule has 0 aliphatic carbocycles. The average molecular weight is 350 g/mol. The Hall–Kier alpha value is -2.68. The summed E-state index contributed by atoms with van der Waals surface area (Å²) in [5, 5.41) is 2.86. The number of esters is 1. The number of Topliss-reactive ketones (excluding diaryl/α,β-unsaturated/α-hetero) is 1. The van der Waals surface area contributed by atoms with Crippen LogP contribution >= 0.6 is 0 Å². The van der Waals surface area contributed by atoms with E-state index < -0.39 is 11.7 Å². The van der Waals surface area contributed by atoms with Crippen molar-refractivity contribution in [3.8, 4) is 0 Å². The first kappa shape index (κ1) is 18.7. The minimum atomic E-state index is -0.591. The van der Waals surface area contributed by atoms with Gasteiger partial charge in [-0.25, -0.2) is 0 Å². The van der Waals surface area contributed by atoms with E-state index >= 15 is 0 Å². The van der Waals surface area contributed by atoms with E-state index in [2.05, 4.69) is 15.0 Å². The second-order valence-corrected chi connectivity index (χ2v) is 5.72. The summed E-state index contributed by atoms with van der Waals surface area (Å²) < 4.78 is 4.51. The first-order valence-corrected chi connectivity index (χ1v) is 7.96. The summed E-state index contributed by atoms with van der Waals surface area (Å²) >= 11 is 0. The maximum atomic E-state index is 12.3. The van der Waals surface area contributed by atoms with Crippen LogP contribution in [-0.4, -0.2) is 78.2 Å². The van der Waals surface area contributed by atoms with Crippen LogP contribution in [0.2, 0.25) is 0 Å². The lowest BCUT2D eigenvalue weighted by atomic mass is 10.1. The summed E-state index contributed by atoms with van der Waals surface area (Å²) in [7, 11) is 1.30. The van der Waals surface area contributed by atoms with Gasteiger partial charge in [-0.05, 0) is 6.07 Å². The van der Waals surface area contributed by atoms with Gasteiger partial charge in [0.15, 0.2) is 0 Å². The zero-order valence-corrected chi connectivity index (χ0v) is 14.3. The summed E-state index contributed by atoms with van der Waals surface area (Å²) in [5.41, 5.74) is 0.954. The summed E-state index contributed by atoms with van der Waals surface area (Å²) in [4.78, 5) is 53.0. The molecule has 0 saturated carbocycles. The lowest BCUT2D eigenvalue weighted by Gasteiger charge is -2.33. The Morgan fingerprint density at radius 2 is 1.80 bits per heavy atom. The number of rotatable bonds is 6. The van der Waals surface area contributed by atoms with Crippen molar-refractivity contribution in [3.63, 3.8) is 0 Å². The highest BCUT2D eigenvalue weighted by Gasteiger charge is 2.28. The van der Waals surface area contributed by atoms with Crippen LogP contribution in [0.15, 0.2) is 12.3 Å². The summed E-state index contributed by atoms with van der Waals surface area (Å²) in [6, 6.07) is 1.58. The van der Waals surface area contributed by atoms with E-state index in [9.17, 15) is 19.2 Å². The van der Waals surface area contributed by atoms with E-state index in [-0.39, 0.29) is 24.0 Å². The largest absolute Gasteiger partial charge is 0.468 e. The van der Waals surface area contributed by atoms with E-state index in [0.29, 0.717) is 38.4 Å². The molecule has 1 saturated heterocycles. The van der Waals surface area contributed by atoms with Crippen LogP contribution < -0.4 is 5.32 Å². The van der Waals surface area contributed by atoms with Crippen molar-refractivity contribution in [1.82, 2.24) is 20.1 Å². The molecule has 136 valence electrons. The molecule has 0 spiro atoms. The fourth-order valence-corrected chi connectivity index (χ4v) is 2.54. The van der Waals surface area contributed by atoms with Crippen molar-refractivity contribution in [1.29, 1.82) is 0 Å². The van der Waals surface area contributed by atoms with Gasteiger partial charge >= 0.3 is 5.97 Å². The number of methoxy groups -OCH3 is 1. The Morgan fingerprint density at radius 3 is 2.40 bits per heavy atom. The number of nitrogens with zero attached hydrogens (tertiary/aromatic N) is 2. The topological polar surface area (TPSA) is 112 Å². The van der Waals surface area contributed by atoms with Gasteiger partial charge in [0.25, 0.3) is 11.7 Å². The number of ketones is 1. The van der Waals surface area contributed by atoms with Gasteiger partial charge in [0.1, 0.15) is 0 Å². The number of hydrogen-bond acceptors (Lipinski definition) is 6. The molecule has 2 heterocycles. The third kappa shape index (κ3) is 4.90.